The minimum atomic E-state index is -3.63. The van der Waals surface area contributed by atoms with Crippen LogP contribution in [0.15, 0.2) is 33.0 Å². The lowest BCUT2D eigenvalue weighted by atomic mass is 10.2. The van der Waals surface area contributed by atoms with Gasteiger partial charge >= 0.3 is 0 Å². The number of thioether (sulfide) groups is 1. The SMILES string of the molecule is CCn1c(SCC(=O)Nc2ccc(C)c(S(=O)(=O)N(C)C)c2)nc2sc(C)c(C)c2c1=O. The Bertz CT molecular complexity index is 1360. The molecule has 0 saturated heterocycles. The maximum atomic E-state index is 12.9. The first-order chi connectivity index (χ1) is 15.0. The molecule has 2 heterocycles. The minimum Gasteiger partial charge on any atom is -0.325 e. The Hall–Kier alpha value is -2.21. The van der Waals surface area contributed by atoms with Gasteiger partial charge in [0.15, 0.2) is 5.16 Å². The van der Waals surface area contributed by atoms with Crippen molar-refractivity contribution in [3.8, 4) is 0 Å². The zero-order valence-electron chi connectivity index (χ0n) is 18.8. The molecule has 0 aliphatic rings. The number of nitrogens with one attached hydrogen (secondary N) is 1. The van der Waals surface area contributed by atoms with Crippen LogP contribution in [0.5, 0.6) is 0 Å². The zero-order valence-corrected chi connectivity index (χ0v) is 21.3. The largest absolute Gasteiger partial charge is 0.325 e. The Balaban J connectivity index is 1.82. The van der Waals surface area contributed by atoms with E-state index in [-0.39, 0.29) is 22.1 Å². The van der Waals surface area contributed by atoms with Crippen molar-refractivity contribution in [3.63, 3.8) is 0 Å². The molecule has 1 amide bonds. The van der Waals surface area contributed by atoms with Gasteiger partial charge in [0.05, 0.1) is 16.0 Å². The van der Waals surface area contributed by atoms with Gasteiger partial charge in [-0.15, -0.1) is 11.3 Å². The molecule has 1 N–H and O–H groups in total. The quantitative estimate of drug-likeness (QED) is 0.399. The molecule has 0 saturated carbocycles. The fraction of sp³-hybridized carbons (Fsp3) is 0.381. The van der Waals surface area contributed by atoms with E-state index >= 15 is 0 Å². The summed E-state index contributed by atoms with van der Waals surface area (Å²) in [4.78, 5) is 32.0. The number of fused-ring (bicyclic) bond motifs is 1. The van der Waals surface area contributed by atoms with Gasteiger partial charge in [-0.2, -0.15) is 0 Å². The lowest BCUT2D eigenvalue weighted by molar-refractivity contribution is -0.113. The van der Waals surface area contributed by atoms with Gasteiger partial charge in [0.25, 0.3) is 5.56 Å². The van der Waals surface area contributed by atoms with Crippen molar-refractivity contribution in [2.45, 2.75) is 44.3 Å². The summed E-state index contributed by atoms with van der Waals surface area (Å²) in [5.74, 6) is -0.284. The summed E-state index contributed by atoms with van der Waals surface area (Å²) in [7, 11) is -0.702. The predicted molar refractivity (Wildman–Crippen MR) is 130 cm³/mol. The number of anilines is 1. The van der Waals surface area contributed by atoms with E-state index in [1.54, 1.807) is 23.6 Å². The van der Waals surface area contributed by atoms with Crippen LogP contribution in [-0.2, 0) is 21.4 Å². The van der Waals surface area contributed by atoms with Crippen LogP contribution in [0.25, 0.3) is 10.2 Å². The average molecular weight is 495 g/mol. The molecular formula is C21H26N4O4S3. The number of thiophene rings is 1. The van der Waals surface area contributed by atoms with Crippen LogP contribution in [0, 0.1) is 20.8 Å². The molecule has 0 aliphatic heterocycles. The molecule has 32 heavy (non-hydrogen) atoms. The summed E-state index contributed by atoms with van der Waals surface area (Å²) in [6.07, 6.45) is 0. The van der Waals surface area contributed by atoms with E-state index in [0.29, 0.717) is 33.2 Å². The van der Waals surface area contributed by atoms with Crippen molar-refractivity contribution in [2.24, 2.45) is 0 Å². The van der Waals surface area contributed by atoms with Crippen LogP contribution in [0.1, 0.15) is 22.9 Å². The monoisotopic (exact) mass is 494 g/mol. The molecule has 0 unspecified atom stereocenters. The number of hydrogen-bond donors (Lipinski definition) is 1. The summed E-state index contributed by atoms with van der Waals surface area (Å²) >= 11 is 2.65. The second kappa shape index (κ2) is 9.34. The molecule has 0 radical (unpaired) electrons. The van der Waals surface area contributed by atoms with Gasteiger partial charge in [0.2, 0.25) is 15.9 Å². The summed E-state index contributed by atoms with van der Waals surface area (Å²) in [5, 5.41) is 3.86. The first-order valence-corrected chi connectivity index (χ1v) is 13.2. The maximum absolute atomic E-state index is 12.9. The van der Waals surface area contributed by atoms with Gasteiger partial charge in [-0.1, -0.05) is 17.8 Å². The Kier molecular flexibility index (Phi) is 7.13. The van der Waals surface area contributed by atoms with E-state index in [0.717, 1.165) is 14.7 Å². The van der Waals surface area contributed by atoms with Crippen molar-refractivity contribution in [1.29, 1.82) is 0 Å². The van der Waals surface area contributed by atoms with Crippen molar-refractivity contribution in [3.05, 3.63) is 44.6 Å². The summed E-state index contributed by atoms with van der Waals surface area (Å²) in [6.45, 7) is 7.90. The first-order valence-electron chi connectivity index (χ1n) is 9.93. The third-order valence-electron chi connectivity index (χ3n) is 5.13. The zero-order chi connectivity index (χ0) is 23.8. The van der Waals surface area contributed by atoms with Crippen LogP contribution in [0.2, 0.25) is 0 Å². The molecule has 0 atom stereocenters. The maximum Gasteiger partial charge on any atom is 0.263 e. The molecule has 3 aromatic rings. The minimum absolute atomic E-state index is 0.0327. The van der Waals surface area contributed by atoms with Crippen LogP contribution in [-0.4, -0.2) is 48.0 Å². The highest BCUT2D eigenvalue weighted by molar-refractivity contribution is 7.99. The molecule has 172 valence electrons. The smallest absolute Gasteiger partial charge is 0.263 e. The Morgan fingerprint density at radius 2 is 1.94 bits per heavy atom. The highest BCUT2D eigenvalue weighted by Gasteiger charge is 2.21. The van der Waals surface area contributed by atoms with E-state index in [4.69, 9.17) is 0 Å². The third kappa shape index (κ3) is 4.61. The van der Waals surface area contributed by atoms with Gasteiger partial charge < -0.3 is 5.32 Å². The van der Waals surface area contributed by atoms with Crippen LogP contribution in [0.3, 0.4) is 0 Å². The first kappa shape index (κ1) is 24.4. The van der Waals surface area contributed by atoms with Crippen LogP contribution < -0.4 is 10.9 Å². The Morgan fingerprint density at radius 3 is 2.56 bits per heavy atom. The van der Waals surface area contributed by atoms with E-state index in [1.807, 2.05) is 20.8 Å². The number of hydrogen-bond acceptors (Lipinski definition) is 7. The van der Waals surface area contributed by atoms with Crippen LogP contribution >= 0.6 is 23.1 Å². The number of carbonyl (C=O) groups excluding carboxylic acids is 1. The highest BCUT2D eigenvalue weighted by Crippen LogP contribution is 2.28. The van der Waals surface area contributed by atoms with Gasteiger partial charge in [0.1, 0.15) is 4.83 Å². The normalized spacial score (nSPS) is 12.0. The molecule has 0 spiro atoms. The van der Waals surface area contributed by atoms with Gasteiger partial charge in [-0.25, -0.2) is 17.7 Å². The van der Waals surface area contributed by atoms with Crippen LogP contribution in [0.4, 0.5) is 5.69 Å². The van der Waals surface area contributed by atoms with Gasteiger partial charge in [-0.05, 0) is 51.0 Å². The van der Waals surface area contributed by atoms with Crippen molar-refractivity contribution in [2.75, 3.05) is 25.2 Å². The number of rotatable bonds is 7. The average Bonchev–Trinajstić information content (AvgIpc) is 3.01. The van der Waals surface area contributed by atoms with Crippen molar-refractivity contribution in [1.82, 2.24) is 13.9 Å². The lowest BCUT2D eigenvalue weighted by Crippen LogP contribution is -2.24. The van der Waals surface area contributed by atoms with Gasteiger partial charge in [-0.3, -0.25) is 14.2 Å². The molecule has 0 bridgehead atoms. The number of aromatic nitrogens is 2. The molecule has 8 nitrogen and oxygen atoms in total. The fourth-order valence-corrected chi connectivity index (χ4v) is 6.26. The number of benzene rings is 1. The van der Waals surface area contributed by atoms with Gasteiger partial charge in [0, 0.05) is 31.2 Å². The molecule has 3 rings (SSSR count). The highest BCUT2D eigenvalue weighted by atomic mass is 32.2. The second-order valence-electron chi connectivity index (χ2n) is 7.51. The fourth-order valence-electron chi connectivity index (χ4n) is 3.18. The number of aryl methyl sites for hydroxylation is 3. The number of sulfonamides is 1. The van der Waals surface area contributed by atoms with Crippen molar-refractivity contribution < 1.29 is 13.2 Å². The molecule has 1 aromatic carbocycles. The summed E-state index contributed by atoms with van der Waals surface area (Å²) in [6, 6.07) is 4.78. The van der Waals surface area contributed by atoms with E-state index in [1.165, 1.54) is 43.3 Å². The second-order valence-corrected chi connectivity index (χ2v) is 11.8. The molecule has 0 fully saturated rings. The topological polar surface area (TPSA) is 101 Å². The Labute approximate surface area is 195 Å². The number of amides is 1. The lowest BCUT2D eigenvalue weighted by Gasteiger charge is -2.15. The predicted octanol–water partition coefficient (Wildman–Crippen LogP) is 3.38. The van der Waals surface area contributed by atoms with E-state index in [9.17, 15) is 18.0 Å². The summed E-state index contributed by atoms with van der Waals surface area (Å²) in [5.41, 5.74) is 1.83. The Morgan fingerprint density at radius 1 is 1.25 bits per heavy atom. The van der Waals surface area contributed by atoms with Crippen molar-refractivity contribution >= 4 is 54.9 Å². The molecular weight excluding hydrogens is 468 g/mol. The standard InChI is InChI=1S/C21H26N4O4S3/c1-7-25-20(27)18-13(3)14(4)31-19(18)23-21(25)30-11-17(26)22-15-9-8-12(2)16(10-15)32(28,29)24(5)6/h8-10H,7,11H2,1-6H3,(H,22,26). The molecule has 0 aliphatic carbocycles. The molecule has 2 aromatic heterocycles. The third-order valence-corrected chi connectivity index (χ3v) is 9.17. The number of nitrogens with zero attached hydrogens (tertiary/aromatic N) is 3. The number of carbonyl (C=O) groups is 1. The molecule has 11 heteroatoms. The van der Waals surface area contributed by atoms with E-state index in [2.05, 4.69) is 10.3 Å². The van der Waals surface area contributed by atoms with E-state index < -0.39 is 10.0 Å². The summed E-state index contributed by atoms with van der Waals surface area (Å²) < 4.78 is 27.7.